The van der Waals surface area contributed by atoms with E-state index in [9.17, 15) is 5.11 Å². The number of nitrogens with zero attached hydrogens (tertiary/aromatic N) is 1. The molecular weight excluding hydrogens is 318 g/mol. The minimum atomic E-state index is -0.800. The maximum absolute atomic E-state index is 11.9. The Hall–Kier alpha value is -1.35. The highest BCUT2D eigenvalue weighted by molar-refractivity contribution is 5.85. The van der Waals surface area contributed by atoms with Crippen molar-refractivity contribution in [3.8, 4) is 0 Å². The SMILES string of the molecule is CN(C)CC1CCCC(c2ccccc2)C1(O)c1ccccc1.Cl. The van der Waals surface area contributed by atoms with Crippen molar-refractivity contribution in [3.05, 3.63) is 71.8 Å². The molecule has 0 radical (unpaired) electrons. The Kier molecular flexibility index (Phi) is 6.45. The molecule has 0 aromatic heterocycles. The van der Waals surface area contributed by atoms with Crippen molar-refractivity contribution >= 4 is 12.4 Å². The minimum absolute atomic E-state index is 0. The molecule has 1 N–H and O–H groups in total. The molecule has 1 fully saturated rings. The third-order valence-corrected chi connectivity index (χ3v) is 5.22. The van der Waals surface area contributed by atoms with Gasteiger partial charge in [-0.05, 0) is 38.1 Å². The van der Waals surface area contributed by atoms with Gasteiger partial charge >= 0.3 is 0 Å². The Morgan fingerprint density at radius 3 is 2.12 bits per heavy atom. The van der Waals surface area contributed by atoms with Crippen LogP contribution < -0.4 is 0 Å². The van der Waals surface area contributed by atoms with Gasteiger partial charge in [0.25, 0.3) is 0 Å². The monoisotopic (exact) mass is 345 g/mol. The van der Waals surface area contributed by atoms with Crippen molar-refractivity contribution < 1.29 is 5.11 Å². The van der Waals surface area contributed by atoms with Gasteiger partial charge < -0.3 is 10.0 Å². The minimum Gasteiger partial charge on any atom is -0.384 e. The average Bonchev–Trinajstić information content (AvgIpc) is 2.58. The van der Waals surface area contributed by atoms with Crippen molar-refractivity contribution in [2.24, 2.45) is 5.92 Å². The number of halogens is 1. The van der Waals surface area contributed by atoms with E-state index in [0.717, 1.165) is 24.9 Å². The number of hydrogen-bond donors (Lipinski definition) is 1. The summed E-state index contributed by atoms with van der Waals surface area (Å²) in [6.45, 7) is 0.911. The van der Waals surface area contributed by atoms with Crippen LogP contribution in [0.2, 0.25) is 0 Å². The molecule has 1 aliphatic carbocycles. The molecule has 0 amide bonds. The van der Waals surface area contributed by atoms with Gasteiger partial charge in [0.05, 0.1) is 0 Å². The number of hydrogen-bond acceptors (Lipinski definition) is 2. The van der Waals surface area contributed by atoms with E-state index in [1.54, 1.807) is 0 Å². The number of rotatable bonds is 4. The van der Waals surface area contributed by atoms with Gasteiger partial charge in [0.2, 0.25) is 0 Å². The smallest absolute Gasteiger partial charge is 0.100 e. The van der Waals surface area contributed by atoms with E-state index in [-0.39, 0.29) is 24.2 Å². The van der Waals surface area contributed by atoms with Crippen molar-refractivity contribution in [2.45, 2.75) is 30.8 Å². The van der Waals surface area contributed by atoms with Gasteiger partial charge in [-0.1, -0.05) is 67.1 Å². The molecule has 0 aliphatic heterocycles. The fourth-order valence-corrected chi connectivity index (χ4v) is 4.21. The quantitative estimate of drug-likeness (QED) is 0.885. The molecule has 2 aromatic carbocycles. The van der Waals surface area contributed by atoms with Crippen molar-refractivity contribution in [1.29, 1.82) is 0 Å². The molecule has 2 nitrogen and oxygen atoms in total. The van der Waals surface area contributed by atoms with E-state index in [4.69, 9.17) is 0 Å². The highest BCUT2D eigenvalue weighted by Crippen LogP contribution is 2.50. The normalized spacial score (nSPS) is 26.8. The van der Waals surface area contributed by atoms with E-state index in [1.165, 1.54) is 12.0 Å². The lowest BCUT2D eigenvalue weighted by Crippen LogP contribution is -2.47. The second-order valence-electron chi connectivity index (χ2n) is 7.04. The van der Waals surface area contributed by atoms with E-state index in [0.29, 0.717) is 0 Å². The molecule has 2 aromatic rings. The first kappa shape index (κ1) is 19.0. The lowest BCUT2D eigenvalue weighted by Gasteiger charge is -2.47. The lowest BCUT2D eigenvalue weighted by molar-refractivity contribution is -0.0803. The fraction of sp³-hybridized carbons (Fsp3) is 0.429. The predicted molar refractivity (Wildman–Crippen MR) is 103 cm³/mol. The molecule has 1 saturated carbocycles. The number of benzene rings is 2. The topological polar surface area (TPSA) is 23.5 Å². The van der Waals surface area contributed by atoms with Crippen molar-refractivity contribution in [1.82, 2.24) is 4.90 Å². The third-order valence-electron chi connectivity index (χ3n) is 5.22. The molecule has 3 rings (SSSR count). The summed E-state index contributed by atoms with van der Waals surface area (Å²) in [5.74, 6) is 0.406. The largest absolute Gasteiger partial charge is 0.384 e. The highest BCUT2D eigenvalue weighted by Gasteiger charge is 2.47. The predicted octanol–water partition coefficient (Wildman–Crippen LogP) is 4.44. The van der Waals surface area contributed by atoms with Crippen molar-refractivity contribution in [2.75, 3.05) is 20.6 Å². The highest BCUT2D eigenvalue weighted by atomic mass is 35.5. The molecule has 130 valence electrons. The van der Waals surface area contributed by atoms with Crippen LogP contribution in [0.25, 0.3) is 0 Å². The summed E-state index contributed by atoms with van der Waals surface area (Å²) in [6, 6.07) is 20.8. The summed E-state index contributed by atoms with van der Waals surface area (Å²) in [6.07, 6.45) is 3.29. The van der Waals surface area contributed by atoms with Gasteiger partial charge in [0.15, 0.2) is 0 Å². The zero-order valence-electron chi connectivity index (χ0n) is 14.6. The zero-order chi connectivity index (χ0) is 16.3. The Labute approximate surface area is 151 Å². The van der Waals surface area contributed by atoms with Gasteiger partial charge in [-0.15, -0.1) is 12.4 Å². The van der Waals surface area contributed by atoms with Crippen LogP contribution in [0.5, 0.6) is 0 Å². The first-order chi connectivity index (χ1) is 11.1. The zero-order valence-corrected chi connectivity index (χ0v) is 15.4. The van der Waals surface area contributed by atoms with Gasteiger partial charge in [0.1, 0.15) is 5.60 Å². The second kappa shape index (κ2) is 8.15. The molecule has 3 atom stereocenters. The Morgan fingerprint density at radius 1 is 0.958 bits per heavy atom. The van der Waals surface area contributed by atoms with E-state index in [1.807, 2.05) is 24.3 Å². The standard InChI is InChI=1S/C21H27NO.ClH/c1-22(2)16-19-14-9-15-20(17-10-5-3-6-11-17)21(19,23)18-12-7-4-8-13-18;/h3-8,10-13,19-20,23H,9,14-16H2,1-2H3;1H. The number of aliphatic hydroxyl groups is 1. The first-order valence-electron chi connectivity index (χ1n) is 8.60. The molecule has 0 heterocycles. The van der Waals surface area contributed by atoms with Crippen LogP contribution in [0.15, 0.2) is 60.7 Å². The molecule has 3 unspecified atom stereocenters. The summed E-state index contributed by atoms with van der Waals surface area (Å²) in [5.41, 5.74) is 1.51. The molecule has 0 spiro atoms. The summed E-state index contributed by atoms with van der Waals surface area (Å²) in [7, 11) is 4.19. The first-order valence-corrected chi connectivity index (χ1v) is 8.60. The maximum Gasteiger partial charge on any atom is 0.100 e. The molecular formula is C21H28ClNO. The third kappa shape index (κ3) is 3.66. The summed E-state index contributed by atoms with van der Waals surface area (Å²) < 4.78 is 0. The van der Waals surface area contributed by atoms with E-state index in [2.05, 4.69) is 55.4 Å². The van der Waals surface area contributed by atoms with Crippen LogP contribution in [0, 0.1) is 5.92 Å². The van der Waals surface area contributed by atoms with Crippen LogP contribution in [0.1, 0.15) is 36.3 Å². The molecule has 24 heavy (non-hydrogen) atoms. The summed E-state index contributed by atoms with van der Waals surface area (Å²) >= 11 is 0. The molecule has 0 saturated heterocycles. The van der Waals surface area contributed by atoms with E-state index < -0.39 is 5.60 Å². The van der Waals surface area contributed by atoms with Crippen molar-refractivity contribution in [3.63, 3.8) is 0 Å². The Balaban J connectivity index is 0.00000208. The lowest BCUT2D eigenvalue weighted by atomic mass is 9.63. The maximum atomic E-state index is 11.9. The average molecular weight is 346 g/mol. The molecule has 3 heteroatoms. The molecule has 0 bridgehead atoms. The van der Waals surface area contributed by atoms with E-state index >= 15 is 0 Å². The van der Waals surface area contributed by atoms with Gasteiger partial charge in [-0.2, -0.15) is 0 Å². The van der Waals surface area contributed by atoms with Gasteiger partial charge in [0, 0.05) is 18.4 Å². The van der Waals surface area contributed by atoms with Crippen LogP contribution in [-0.4, -0.2) is 30.6 Å². The molecule has 1 aliphatic rings. The summed E-state index contributed by atoms with van der Waals surface area (Å²) in [4.78, 5) is 2.20. The van der Waals surface area contributed by atoms with Crippen LogP contribution in [-0.2, 0) is 5.60 Å². The Bertz CT molecular complexity index is 616. The fourth-order valence-electron chi connectivity index (χ4n) is 4.21. The van der Waals surface area contributed by atoms with Gasteiger partial charge in [-0.25, -0.2) is 0 Å². The van der Waals surface area contributed by atoms with Crippen LogP contribution in [0.4, 0.5) is 0 Å². The summed E-state index contributed by atoms with van der Waals surface area (Å²) in [5, 5.41) is 11.9. The second-order valence-corrected chi connectivity index (χ2v) is 7.04. The van der Waals surface area contributed by atoms with Crippen LogP contribution >= 0.6 is 12.4 Å². The van der Waals surface area contributed by atoms with Gasteiger partial charge in [-0.3, -0.25) is 0 Å². The van der Waals surface area contributed by atoms with Crippen LogP contribution in [0.3, 0.4) is 0 Å². The Morgan fingerprint density at radius 2 is 1.54 bits per heavy atom.